The minimum Gasteiger partial charge on any atom is -0.479 e. The highest BCUT2D eigenvalue weighted by molar-refractivity contribution is 6.04. The maximum Gasteiger partial charge on any atom is 0.408 e. The van der Waals surface area contributed by atoms with E-state index in [2.05, 4.69) is 5.32 Å². The van der Waals surface area contributed by atoms with Crippen molar-refractivity contribution in [3.63, 3.8) is 0 Å². The van der Waals surface area contributed by atoms with Crippen molar-refractivity contribution in [3.05, 3.63) is 0 Å². The van der Waals surface area contributed by atoms with Crippen molar-refractivity contribution < 1.29 is 29.0 Å². The summed E-state index contributed by atoms with van der Waals surface area (Å²) >= 11 is 0. The maximum absolute atomic E-state index is 11.7. The predicted molar refractivity (Wildman–Crippen MR) is 69.1 cm³/mol. The molecule has 8 nitrogen and oxygen atoms in total. The summed E-state index contributed by atoms with van der Waals surface area (Å²) in [6.45, 7) is 7.37. The lowest BCUT2D eigenvalue weighted by Gasteiger charge is -2.22. The molecule has 0 bridgehead atoms. The molecule has 0 aliphatic carbocycles. The lowest BCUT2D eigenvalue weighted by molar-refractivity contribution is -0.145. The summed E-state index contributed by atoms with van der Waals surface area (Å²) < 4.78 is 4.95. The Morgan fingerprint density at radius 1 is 1.10 bits per heavy atom. The van der Waals surface area contributed by atoms with Crippen molar-refractivity contribution in [2.75, 3.05) is 0 Å². The van der Waals surface area contributed by atoms with E-state index in [-0.39, 0.29) is 0 Å². The Bertz CT molecular complexity index is 399. The molecule has 0 spiro atoms. The summed E-state index contributed by atoms with van der Waals surface area (Å²) in [4.78, 5) is 44.9. The first-order valence-corrected chi connectivity index (χ1v) is 5.97. The molecule has 20 heavy (non-hydrogen) atoms. The number of carbonyl (C=O) groups excluding carboxylic acids is 3. The second-order valence-electron chi connectivity index (χ2n) is 5.26. The maximum atomic E-state index is 11.7. The van der Waals surface area contributed by atoms with Crippen LogP contribution >= 0.6 is 0 Å². The Hall–Kier alpha value is -2.12. The number of ketones is 1. The molecule has 0 aliphatic heterocycles. The Balaban J connectivity index is 4.52. The van der Waals surface area contributed by atoms with Crippen molar-refractivity contribution in [1.29, 1.82) is 0 Å². The number of carbonyl (C=O) groups is 4. The number of hydrogen-bond donors (Lipinski definition) is 3. The normalized spacial score (nSPS) is 13.8. The smallest absolute Gasteiger partial charge is 0.408 e. The largest absolute Gasteiger partial charge is 0.479 e. The minimum absolute atomic E-state index is 0.713. The van der Waals surface area contributed by atoms with E-state index in [1.165, 1.54) is 6.92 Å². The number of carboxylic acids is 1. The average Bonchev–Trinajstić information content (AvgIpc) is 2.21. The Morgan fingerprint density at radius 3 is 1.95 bits per heavy atom. The molecule has 114 valence electrons. The van der Waals surface area contributed by atoms with Gasteiger partial charge in [-0.05, 0) is 34.6 Å². The minimum atomic E-state index is -1.63. The number of alkyl carbamates (subject to hydrolysis) is 1. The lowest BCUT2D eigenvalue weighted by Crippen LogP contribution is -2.53. The van der Waals surface area contributed by atoms with Crippen LogP contribution in [0.25, 0.3) is 0 Å². The molecule has 0 aromatic heterocycles. The molecule has 0 aromatic carbocycles. The molecule has 0 aromatic rings. The molecular formula is C12H20N2O6. The van der Waals surface area contributed by atoms with Gasteiger partial charge in [0.15, 0.2) is 11.8 Å². The Kier molecular flexibility index (Phi) is 6.15. The van der Waals surface area contributed by atoms with Gasteiger partial charge in [0.2, 0.25) is 5.91 Å². The lowest BCUT2D eigenvalue weighted by atomic mass is 10.2. The Labute approximate surface area is 116 Å². The van der Waals surface area contributed by atoms with E-state index in [0.717, 1.165) is 6.92 Å². The molecule has 0 saturated carbocycles. The quantitative estimate of drug-likeness (QED) is 0.615. The number of carboxylic acid groups (broad SMARTS) is 1. The number of hydrogen-bond acceptors (Lipinski definition) is 5. The van der Waals surface area contributed by atoms with Gasteiger partial charge in [-0.1, -0.05) is 0 Å². The van der Waals surface area contributed by atoms with Gasteiger partial charge in [0, 0.05) is 0 Å². The van der Waals surface area contributed by atoms with E-state index >= 15 is 0 Å². The van der Waals surface area contributed by atoms with Crippen molar-refractivity contribution in [2.24, 2.45) is 0 Å². The fourth-order valence-corrected chi connectivity index (χ4v) is 1.15. The second kappa shape index (κ2) is 6.88. The van der Waals surface area contributed by atoms with Crippen LogP contribution in [-0.2, 0) is 19.1 Å². The fraction of sp³-hybridized carbons (Fsp3) is 0.667. The van der Waals surface area contributed by atoms with E-state index in [4.69, 9.17) is 9.84 Å². The molecule has 2 atom stereocenters. The van der Waals surface area contributed by atoms with E-state index < -0.39 is 41.4 Å². The molecule has 0 aliphatic rings. The van der Waals surface area contributed by atoms with Crippen LogP contribution in [0.5, 0.6) is 0 Å². The van der Waals surface area contributed by atoms with Crippen LogP contribution < -0.4 is 10.6 Å². The van der Waals surface area contributed by atoms with Crippen LogP contribution in [0.3, 0.4) is 0 Å². The molecule has 0 heterocycles. The number of Topliss-reactive ketones (excluding diaryl/α,β-unsaturated/α-hetero) is 1. The SMILES string of the molecule is CC(=O)[C@H](NC(=O)[C@H](C)NC(=O)OC(C)(C)C)C(=O)O. The molecular weight excluding hydrogens is 268 g/mol. The highest BCUT2D eigenvalue weighted by Crippen LogP contribution is 2.06. The summed E-state index contributed by atoms with van der Waals surface area (Å²) in [5.41, 5.74) is -0.719. The molecule has 0 unspecified atom stereocenters. The van der Waals surface area contributed by atoms with Crippen LogP contribution in [0, 0.1) is 0 Å². The van der Waals surface area contributed by atoms with Gasteiger partial charge in [-0.2, -0.15) is 0 Å². The van der Waals surface area contributed by atoms with Crippen molar-refractivity contribution in [2.45, 2.75) is 52.3 Å². The average molecular weight is 288 g/mol. The van der Waals surface area contributed by atoms with Gasteiger partial charge in [-0.15, -0.1) is 0 Å². The highest BCUT2D eigenvalue weighted by Gasteiger charge is 2.28. The van der Waals surface area contributed by atoms with Gasteiger partial charge in [0.05, 0.1) is 0 Å². The fourth-order valence-electron chi connectivity index (χ4n) is 1.15. The topological polar surface area (TPSA) is 122 Å². The summed E-state index contributed by atoms with van der Waals surface area (Å²) in [5, 5.41) is 13.0. The van der Waals surface area contributed by atoms with E-state index in [0.29, 0.717) is 0 Å². The van der Waals surface area contributed by atoms with E-state index in [1.807, 2.05) is 5.32 Å². The number of amides is 2. The first-order chi connectivity index (χ1) is 8.94. The number of aliphatic carboxylic acids is 1. The molecule has 2 amide bonds. The van der Waals surface area contributed by atoms with Crippen LogP contribution in [0.2, 0.25) is 0 Å². The molecule has 0 rings (SSSR count). The summed E-state index contributed by atoms with van der Waals surface area (Å²) in [7, 11) is 0. The summed E-state index contributed by atoms with van der Waals surface area (Å²) in [5.74, 6) is -2.97. The first-order valence-electron chi connectivity index (χ1n) is 5.97. The molecule has 0 saturated heterocycles. The van der Waals surface area contributed by atoms with Gasteiger partial charge in [0.1, 0.15) is 11.6 Å². The number of rotatable bonds is 5. The van der Waals surface area contributed by atoms with Crippen molar-refractivity contribution >= 4 is 23.8 Å². The third-order valence-corrected chi connectivity index (χ3v) is 2.07. The molecule has 0 fully saturated rings. The molecule has 8 heteroatoms. The zero-order chi connectivity index (χ0) is 16.1. The van der Waals surface area contributed by atoms with Crippen molar-refractivity contribution in [1.82, 2.24) is 10.6 Å². The first kappa shape index (κ1) is 17.9. The molecule has 3 N–H and O–H groups in total. The zero-order valence-corrected chi connectivity index (χ0v) is 12.1. The highest BCUT2D eigenvalue weighted by atomic mass is 16.6. The van der Waals surface area contributed by atoms with E-state index in [1.54, 1.807) is 20.8 Å². The molecule has 0 radical (unpaired) electrons. The number of ether oxygens (including phenoxy) is 1. The van der Waals surface area contributed by atoms with Crippen LogP contribution in [-0.4, -0.2) is 46.5 Å². The van der Waals surface area contributed by atoms with Gasteiger partial charge >= 0.3 is 12.1 Å². The van der Waals surface area contributed by atoms with E-state index in [9.17, 15) is 19.2 Å². The third kappa shape index (κ3) is 6.72. The van der Waals surface area contributed by atoms with Crippen LogP contribution in [0.1, 0.15) is 34.6 Å². The predicted octanol–water partition coefficient (Wildman–Crippen LogP) is 0.0580. The zero-order valence-electron chi connectivity index (χ0n) is 12.1. The standard InChI is InChI=1S/C12H20N2O6/c1-6(13-11(19)20-12(3,4)5)9(16)14-8(7(2)15)10(17)18/h6,8H,1-5H3,(H,13,19)(H,14,16)(H,17,18)/t6-,8-/m0/s1. The number of nitrogens with one attached hydrogen (secondary N) is 2. The Morgan fingerprint density at radius 2 is 1.60 bits per heavy atom. The monoisotopic (exact) mass is 288 g/mol. The van der Waals surface area contributed by atoms with Crippen LogP contribution in [0.15, 0.2) is 0 Å². The van der Waals surface area contributed by atoms with Crippen molar-refractivity contribution in [3.8, 4) is 0 Å². The summed E-state index contributed by atoms with van der Waals surface area (Å²) in [6.07, 6.45) is -0.810. The van der Waals surface area contributed by atoms with Gasteiger partial charge in [-0.3, -0.25) is 9.59 Å². The second-order valence-corrected chi connectivity index (χ2v) is 5.26. The van der Waals surface area contributed by atoms with Gasteiger partial charge < -0.3 is 20.5 Å². The van der Waals surface area contributed by atoms with Gasteiger partial charge in [0.25, 0.3) is 0 Å². The summed E-state index contributed by atoms with van der Waals surface area (Å²) in [6, 6.07) is -2.67. The van der Waals surface area contributed by atoms with Crippen LogP contribution in [0.4, 0.5) is 4.79 Å². The third-order valence-electron chi connectivity index (χ3n) is 2.07. The van der Waals surface area contributed by atoms with Gasteiger partial charge in [-0.25, -0.2) is 9.59 Å².